The fraction of sp³-hybridized carbons (Fsp3) is 0.882. The van der Waals surface area contributed by atoms with Gasteiger partial charge in [-0.2, -0.15) is 0 Å². The Morgan fingerprint density at radius 2 is 2.22 bits per heavy atom. The van der Waals surface area contributed by atoms with E-state index in [1.165, 1.54) is 20.0 Å². The number of nitrogens with one attached hydrogen (secondary N) is 1. The first-order valence-electron chi connectivity index (χ1n) is 8.65. The summed E-state index contributed by atoms with van der Waals surface area (Å²) in [5.74, 6) is 0.187. The first-order valence-corrected chi connectivity index (χ1v) is 8.65. The lowest BCUT2D eigenvalue weighted by atomic mass is 9.64. The number of amides is 2. The molecule has 2 amide bonds. The highest BCUT2D eigenvalue weighted by Crippen LogP contribution is 2.50. The van der Waals surface area contributed by atoms with Crippen LogP contribution in [0.3, 0.4) is 0 Å². The van der Waals surface area contributed by atoms with Gasteiger partial charge in [-0.05, 0) is 50.1 Å². The minimum Gasteiger partial charge on any atom is -0.453 e. The highest BCUT2D eigenvalue weighted by Gasteiger charge is 2.50. The van der Waals surface area contributed by atoms with Crippen molar-refractivity contribution in [2.24, 2.45) is 10.8 Å². The van der Waals surface area contributed by atoms with Crippen LogP contribution in [0.5, 0.6) is 0 Å². The number of rotatable bonds is 4. The summed E-state index contributed by atoms with van der Waals surface area (Å²) < 4.78 is 4.83. The molecule has 0 aromatic carbocycles. The molecule has 2 aliphatic heterocycles. The van der Waals surface area contributed by atoms with Gasteiger partial charge in [0.15, 0.2) is 0 Å². The average molecular weight is 323 g/mol. The van der Waals surface area contributed by atoms with Gasteiger partial charge >= 0.3 is 6.09 Å². The SMILES string of the molecule is COC(=O)N1CCC2(CC(N(C)CCC3(C)CNC(=O)C3)C2)C1. The lowest BCUT2D eigenvalue weighted by Gasteiger charge is -2.49. The number of hydrogen-bond donors (Lipinski definition) is 1. The zero-order valence-corrected chi connectivity index (χ0v) is 14.6. The van der Waals surface area contributed by atoms with Crippen LogP contribution < -0.4 is 5.32 Å². The van der Waals surface area contributed by atoms with Crippen molar-refractivity contribution in [3.8, 4) is 0 Å². The number of methoxy groups -OCH3 is 1. The Labute approximate surface area is 138 Å². The van der Waals surface area contributed by atoms with E-state index in [0.29, 0.717) is 17.9 Å². The molecule has 6 heteroatoms. The van der Waals surface area contributed by atoms with E-state index in [0.717, 1.165) is 39.0 Å². The van der Waals surface area contributed by atoms with Gasteiger partial charge in [0.2, 0.25) is 5.91 Å². The van der Waals surface area contributed by atoms with E-state index in [1.54, 1.807) is 0 Å². The highest BCUT2D eigenvalue weighted by molar-refractivity contribution is 5.79. The molecule has 3 rings (SSSR count). The first-order chi connectivity index (χ1) is 10.8. The van der Waals surface area contributed by atoms with E-state index in [-0.39, 0.29) is 17.4 Å². The minimum atomic E-state index is -0.190. The summed E-state index contributed by atoms with van der Waals surface area (Å²) in [5, 5.41) is 2.94. The molecule has 2 saturated heterocycles. The lowest BCUT2D eigenvalue weighted by Crippen LogP contribution is -2.51. The molecule has 2 heterocycles. The maximum atomic E-state index is 11.6. The maximum absolute atomic E-state index is 11.6. The van der Waals surface area contributed by atoms with E-state index >= 15 is 0 Å². The molecule has 1 unspecified atom stereocenters. The molecule has 1 aliphatic carbocycles. The predicted molar refractivity (Wildman–Crippen MR) is 87.0 cm³/mol. The van der Waals surface area contributed by atoms with E-state index in [1.807, 2.05) is 4.90 Å². The van der Waals surface area contributed by atoms with Gasteiger partial charge < -0.3 is 19.9 Å². The Bertz CT molecular complexity index is 489. The quantitative estimate of drug-likeness (QED) is 0.851. The third kappa shape index (κ3) is 3.32. The second-order valence-corrected chi connectivity index (χ2v) is 8.20. The number of likely N-dealkylation sites (tertiary alicyclic amines) is 1. The van der Waals surface area contributed by atoms with Gasteiger partial charge in [-0.25, -0.2) is 4.79 Å². The van der Waals surface area contributed by atoms with Crippen LogP contribution >= 0.6 is 0 Å². The molecule has 0 radical (unpaired) electrons. The van der Waals surface area contributed by atoms with Gasteiger partial charge in [0.05, 0.1) is 7.11 Å². The van der Waals surface area contributed by atoms with Gasteiger partial charge in [-0.3, -0.25) is 4.79 Å². The second-order valence-electron chi connectivity index (χ2n) is 8.20. The average Bonchev–Trinajstić information content (AvgIpc) is 3.07. The second kappa shape index (κ2) is 5.96. The number of hydrogen-bond acceptors (Lipinski definition) is 4. The van der Waals surface area contributed by atoms with Crippen molar-refractivity contribution in [1.29, 1.82) is 0 Å². The van der Waals surface area contributed by atoms with E-state index in [2.05, 4.69) is 24.2 Å². The molecular weight excluding hydrogens is 294 g/mol. The van der Waals surface area contributed by atoms with Crippen molar-refractivity contribution in [3.63, 3.8) is 0 Å². The zero-order chi connectivity index (χ0) is 16.7. The van der Waals surface area contributed by atoms with Crippen LogP contribution in [0.15, 0.2) is 0 Å². The summed E-state index contributed by atoms with van der Waals surface area (Å²) >= 11 is 0. The Kier molecular flexibility index (Phi) is 4.29. The predicted octanol–water partition coefficient (Wildman–Crippen LogP) is 1.46. The molecule has 6 nitrogen and oxygen atoms in total. The largest absolute Gasteiger partial charge is 0.453 e. The van der Waals surface area contributed by atoms with Gasteiger partial charge in [-0.15, -0.1) is 0 Å². The molecular formula is C17H29N3O3. The summed E-state index contributed by atoms with van der Waals surface area (Å²) in [6.45, 7) is 5.72. The standard InChI is InChI=1S/C17H29N3O3/c1-16(10-14(21)18-11-16)4-6-19(2)13-8-17(9-13)5-7-20(12-17)15(22)23-3/h13H,4-12H2,1-3H3,(H,18,21). The molecule has 0 aromatic rings. The van der Waals surface area contributed by atoms with Crippen LogP contribution in [0.1, 0.15) is 39.0 Å². The molecule has 1 N–H and O–H groups in total. The topological polar surface area (TPSA) is 61.9 Å². The Morgan fingerprint density at radius 3 is 2.83 bits per heavy atom. The van der Waals surface area contributed by atoms with Gasteiger partial charge in [-0.1, -0.05) is 6.92 Å². The lowest BCUT2D eigenvalue weighted by molar-refractivity contribution is -0.119. The van der Waals surface area contributed by atoms with Gasteiger partial charge in [0.1, 0.15) is 0 Å². The maximum Gasteiger partial charge on any atom is 0.409 e. The number of carbonyl (C=O) groups is 2. The fourth-order valence-corrected chi connectivity index (χ4v) is 4.44. The molecule has 1 spiro atoms. The van der Waals surface area contributed by atoms with Crippen molar-refractivity contribution in [2.45, 2.75) is 45.1 Å². The van der Waals surface area contributed by atoms with Crippen LogP contribution in [-0.2, 0) is 9.53 Å². The molecule has 23 heavy (non-hydrogen) atoms. The zero-order valence-electron chi connectivity index (χ0n) is 14.6. The van der Waals surface area contributed by atoms with Crippen molar-refractivity contribution in [1.82, 2.24) is 15.1 Å². The normalized spacial score (nSPS) is 36.4. The van der Waals surface area contributed by atoms with Crippen molar-refractivity contribution < 1.29 is 14.3 Å². The van der Waals surface area contributed by atoms with Crippen LogP contribution in [0.2, 0.25) is 0 Å². The van der Waals surface area contributed by atoms with Crippen LogP contribution in [0, 0.1) is 10.8 Å². The van der Waals surface area contributed by atoms with Crippen LogP contribution in [0.4, 0.5) is 4.79 Å². The summed E-state index contributed by atoms with van der Waals surface area (Å²) in [6, 6.07) is 0.612. The number of carbonyl (C=O) groups excluding carboxylic acids is 2. The van der Waals surface area contributed by atoms with Gasteiger partial charge in [0, 0.05) is 32.1 Å². The highest BCUT2D eigenvalue weighted by atomic mass is 16.5. The Morgan fingerprint density at radius 1 is 1.48 bits per heavy atom. The van der Waals surface area contributed by atoms with Crippen molar-refractivity contribution >= 4 is 12.0 Å². The molecule has 130 valence electrons. The number of nitrogens with zero attached hydrogens (tertiary/aromatic N) is 2. The van der Waals surface area contributed by atoms with Crippen molar-refractivity contribution in [3.05, 3.63) is 0 Å². The van der Waals surface area contributed by atoms with E-state index in [4.69, 9.17) is 4.74 Å². The van der Waals surface area contributed by atoms with E-state index < -0.39 is 0 Å². The van der Waals surface area contributed by atoms with E-state index in [9.17, 15) is 9.59 Å². The van der Waals surface area contributed by atoms with Crippen LogP contribution in [-0.4, -0.2) is 68.2 Å². The Balaban J connectivity index is 1.43. The first kappa shape index (κ1) is 16.6. The Hall–Kier alpha value is -1.30. The third-order valence-corrected chi connectivity index (χ3v) is 6.20. The van der Waals surface area contributed by atoms with Crippen molar-refractivity contribution in [2.75, 3.05) is 40.3 Å². The third-order valence-electron chi connectivity index (χ3n) is 6.20. The summed E-state index contributed by atoms with van der Waals surface area (Å²) in [4.78, 5) is 27.3. The summed E-state index contributed by atoms with van der Waals surface area (Å²) in [6.07, 6.45) is 4.96. The molecule has 0 bridgehead atoms. The summed E-state index contributed by atoms with van der Waals surface area (Å²) in [7, 11) is 3.64. The monoisotopic (exact) mass is 323 g/mol. The molecule has 1 saturated carbocycles. The smallest absolute Gasteiger partial charge is 0.409 e. The molecule has 3 fully saturated rings. The molecule has 0 aromatic heterocycles. The van der Waals surface area contributed by atoms with Crippen LogP contribution in [0.25, 0.3) is 0 Å². The summed E-state index contributed by atoms with van der Waals surface area (Å²) in [5.41, 5.74) is 0.434. The fourth-order valence-electron chi connectivity index (χ4n) is 4.44. The minimum absolute atomic E-state index is 0.113. The molecule has 1 atom stereocenters. The van der Waals surface area contributed by atoms with Gasteiger partial charge in [0.25, 0.3) is 0 Å². The number of ether oxygens (including phenoxy) is 1. The molecule has 3 aliphatic rings.